The minimum absolute atomic E-state index is 0.141. The number of ketones is 1. The summed E-state index contributed by atoms with van der Waals surface area (Å²) in [5.74, 6) is 0.141. The maximum absolute atomic E-state index is 11.6. The van der Waals surface area contributed by atoms with Crippen molar-refractivity contribution in [3.8, 4) is 0 Å². The zero-order valence-corrected chi connectivity index (χ0v) is 10.3. The maximum atomic E-state index is 11.6. The van der Waals surface area contributed by atoms with Crippen LogP contribution in [0.2, 0.25) is 0 Å². The lowest BCUT2D eigenvalue weighted by atomic mass is 10.2. The number of Topliss-reactive ketones (excluding diaryl/α,β-unsaturated/α-hetero) is 1. The SMILES string of the molecule is O=C(Cc1cc(Br)cs1)c1cncs1. The highest BCUT2D eigenvalue weighted by Gasteiger charge is 2.09. The van der Waals surface area contributed by atoms with E-state index in [-0.39, 0.29) is 5.78 Å². The molecule has 2 nitrogen and oxygen atoms in total. The molecule has 2 heterocycles. The summed E-state index contributed by atoms with van der Waals surface area (Å²) in [5, 5.41) is 1.98. The van der Waals surface area contributed by atoms with Gasteiger partial charge in [-0.15, -0.1) is 22.7 Å². The molecule has 0 N–H and O–H groups in total. The van der Waals surface area contributed by atoms with Gasteiger partial charge < -0.3 is 0 Å². The molecular weight excluding hydrogens is 282 g/mol. The molecule has 2 aromatic rings. The van der Waals surface area contributed by atoms with Gasteiger partial charge in [0.15, 0.2) is 5.78 Å². The molecule has 0 aromatic carbocycles. The molecule has 0 radical (unpaired) electrons. The summed E-state index contributed by atoms with van der Waals surface area (Å²) in [6, 6.07) is 1.98. The number of rotatable bonds is 3. The number of halogens is 1. The van der Waals surface area contributed by atoms with Crippen LogP contribution in [0.5, 0.6) is 0 Å². The standard InChI is InChI=1S/C9H6BrNOS2/c10-6-1-7(13-4-6)2-8(12)9-3-11-5-14-9/h1,3-5H,2H2. The first-order valence-corrected chi connectivity index (χ1v) is 6.45. The molecule has 0 unspecified atom stereocenters. The van der Waals surface area contributed by atoms with Gasteiger partial charge in [-0.05, 0) is 22.0 Å². The first-order valence-electron chi connectivity index (χ1n) is 3.90. The van der Waals surface area contributed by atoms with Gasteiger partial charge in [-0.3, -0.25) is 9.78 Å². The van der Waals surface area contributed by atoms with E-state index in [4.69, 9.17) is 0 Å². The highest BCUT2D eigenvalue weighted by Crippen LogP contribution is 2.21. The summed E-state index contributed by atoms with van der Waals surface area (Å²) >= 11 is 6.34. The van der Waals surface area contributed by atoms with E-state index in [1.807, 2.05) is 11.4 Å². The molecule has 0 amide bonds. The van der Waals surface area contributed by atoms with E-state index in [9.17, 15) is 4.79 Å². The maximum Gasteiger partial charge on any atom is 0.179 e. The third kappa shape index (κ3) is 2.29. The van der Waals surface area contributed by atoms with Crippen molar-refractivity contribution in [3.05, 3.63) is 37.4 Å². The van der Waals surface area contributed by atoms with Crippen LogP contribution in [-0.2, 0) is 6.42 Å². The average molecular weight is 288 g/mol. The molecule has 0 saturated heterocycles. The minimum atomic E-state index is 0.141. The van der Waals surface area contributed by atoms with Crippen molar-refractivity contribution in [2.24, 2.45) is 0 Å². The second-order valence-electron chi connectivity index (χ2n) is 2.70. The highest BCUT2D eigenvalue weighted by atomic mass is 79.9. The van der Waals surface area contributed by atoms with E-state index in [1.165, 1.54) is 11.3 Å². The smallest absolute Gasteiger partial charge is 0.179 e. The first kappa shape index (κ1) is 10.0. The number of thiophene rings is 1. The fourth-order valence-electron chi connectivity index (χ4n) is 1.05. The Labute approximate surface area is 97.7 Å². The predicted molar refractivity (Wildman–Crippen MR) is 62.2 cm³/mol. The lowest BCUT2D eigenvalue weighted by Crippen LogP contribution is -1.98. The van der Waals surface area contributed by atoms with E-state index >= 15 is 0 Å². The monoisotopic (exact) mass is 287 g/mol. The molecule has 2 rings (SSSR count). The lowest BCUT2D eigenvalue weighted by molar-refractivity contribution is 0.0997. The number of aromatic nitrogens is 1. The Morgan fingerprint density at radius 3 is 2.93 bits per heavy atom. The van der Waals surface area contributed by atoms with Gasteiger partial charge in [-0.2, -0.15) is 0 Å². The quantitative estimate of drug-likeness (QED) is 0.810. The van der Waals surface area contributed by atoms with Crippen LogP contribution in [0, 0.1) is 0 Å². The number of nitrogens with zero attached hydrogens (tertiary/aromatic N) is 1. The molecule has 72 valence electrons. The molecule has 0 aliphatic carbocycles. The van der Waals surface area contributed by atoms with Crippen LogP contribution in [0.1, 0.15) is 14.5 Å². The molecule has 0 spiro atoms. The van der Waals surface area contributed by atoms with Crippen molar-refractivity contribution in [1.82, 2.24) is 4.98 Å². The summed E-state index contributed by atoms with van der Waals surface area (Å²) in [7, 11) is 0. The largest absolute Gasteiger partial charge is 0.293 e. The molecule has 0 bridgehead atoms. The summed E-state index contributed by atoms with van der Waals surface area (Å²) in [4.78, 5) is 17.3. The third-order valence-electron chi connectivity index (χ3n) is 1.66. The van der Waals surface area contributed by atoms with Crippen molar-refractivity contribution >= 4 is 44.4 Å². The molecule has 14 heavy (non-hydrogen) atoms. The Kier molecular flexibility index (Phi) is 3.10. The van der Waals surface area contributed by atoms with Gasteiger partial charge in [-0.1, -0.05) is 0 Å². The van der Waals surface area contributed by atoms with Gasteiger partial charge in [0.05, 0.1) is 10.4 Å². The van der Waals surface area contributed by atoms with Crippen molar-refractivity contribution in [1.29, 1.82) is 0 Å². The fraction of sp³-hybridized carbons (Fsp3) is 0.111. The molecule has 5 heteroatoms. The van der Waals surface area contributed by atoms with Crippen molar-refractivity contribution in [2.75, 3.05) is 0 Å². The molecule has 2 aromatic heterocycles. The average Bonchev–Trinajstić information content (AvgIpc) is 2.75. The molecule has 0 aliphatic heterocycles. The van der Waals surface area contributed by atoms with Gasteiger partial charge in [0.25, 0.3) is 0 Å². The Bertz CT molecular complexity index is 435. The van der Waals surface area contributed by atoms with E-state index in [0.29, 0.717) is 6.42 Å². The van der Waals surface area contributed by atoms with E-state index < -0.39 is 0 Å². The Morgan fingerprint density at radius 1 is 1.50 bits per heavy atom. The molecule has 0 fully saturated rings. The summed E-state index contributed by atoms with van der Waals surface area (Å²) in [5.41, 5.74) is 1.68. The van der Waals surface area contributed by atoms with E-state index in [0.717, 1.165) is 14.2 Å². The van der Waals surface area contributed by atoms with Crippen LogP contribution < -0.4 is 0 Å². The van der Waals surface area contributed by atoms with Gasteiger partial charge in [0.2, 0.25) is 0 Å². The summed E-state index contributed by atoms with van der Waals surface area (Å²) < 4.78 is 1.04. The summed E-state index contributed by atoms with van der Waals surface area (Å²) in [6.45, 7) is 0. The lowest BCUT2D eigenvalue weighted by Gasteiger charge is -1.92. The van der Waals surface area contributed by atoms with Crippen LogP contribution in [0.3, 0.4) is 0 Å². The van der Waals surface area contributed by atoms with Gasteiger partial charge in [-0.25, -0.2) is 0 Å². The van der Waals surface area contributed by atoms with E-state index in [2.05, 4.69) is 20.9 Å². The number of carbonyl (C=O) groups is 1. The second-order valence-corrected chi connectivity index (χ2v) is 5.49. The highest BCUT2D eigenvalue weighted by molar-refractivity contribution is 9.10. The fourth-order valence-corrected chi connectivity index (χ4v) is 3.06. The first-order chi connectivity index (χ1) is 6.75. The van der Waals surface area contributed by atoms with Crippen LogP contribution in [0.4, 0.5) is 0 Å². The summed E-state index contributed by atoms with van der Waals surface area (Å²) in [6.07, 6.45) is 2.09. The topological polar surface area (TPSA) is 30.0 Å². The zero-order chi connectivity index (χ0) is 9.97. The van der Waals surface area contributed by atoms with Crippen LogP contribution in [0.15, 0.2) is 27.6 Å². The predicted octanol–water partition coefficient (Wildman–Crippen LogP) is 3.39. The van der Waals surface area contributed by atoms with Gasteiger partial charge in [0.1, 0.15) is 0 Å². The molecule has 0 saturated carbocycles. The Hall–Kier alpha value is -0.520. The number of hydrogen-bond donors (Lipinski definition) is 0. The van der Waals surface area contributed by atoms with Crippen LogP contribution in [-0.4, -0.2) is 10.8 Å². The van der Waals surface area contributed by atoms with Gasteiger partial charge in [0, 0.05) is 27.3 Å². The third-order valence-corrected chi connectivity index (χ3v) is 4.18. The molecular formula is C9H6BrNOS2. The number of hydrogen-bond acceptors (Lipinski definition) is 4. The number of carbonyl (C=O) groups excluding carboxylic acids is 1. The molecule has 0 aliphatic rings. The van der Waals surface area contributed by atoms with E-state index in [1.54, 1.807) is 23.0 Å². The van der Waals surface area contributed by atoms with Gasteiger partial charge >= 0.3 is 0 Å². The second kappa shape index (κ2) is 4.33. The Balaban J connectivity index is 2.09. The van der Waals surface area contributed by atoms with Crippen molar-refractivity contribution in [2.45, 2.75) is 6.42 Å². The Morgan fingerprint density at radius 2 is 2.36 bits per heavy atom. The minimum Gasteiger partial charge on any atom is -0.293 e. The normalized spacial score (nSPS) is 10.4. The van der Waals surface area contributed by atoms with Crippen LogP contribution in [0.25, 0.3) is 0 Å². The molecule has 0 atom stereocenters. The van der Waals surface area contributed by atoms with Crippen molar-refractivity contribution < 1.29 is 4.79 Å². The van der Waals surface area contributed by atoms with Crippen molar-refractivity contribution in [3.63, 3.8) is 0 Å². The zero-order valence-electron chi connectivity index (χ0n) is 7.07. The van der Waals surface area contributed by atoms with Crippen LogP contribution >= 0.6 is 38.6 Å². The number of thiazole rings is 1.